The van der Waals surface area contributed by atoms with Gasteiger partial charge in [0.1, 0.15) is 0 Å². The van der Waals surface area contributed by atoms with Crippen LogP contribution in [0.15, 0.2) is 51.9 Å². The van der Waals surface area contributed by atoms with E-state index in [-0.39, 0.29) is 12.2 Å². The fraction of sp³-hybridized carbons (Fsp3) is 0.0588. The fourth-order valence-corrected chi connectivity index (χ4v) is 3.74. The molecule has 25 heavy (non-hydrogen) atoms. The summed E-state index contributed by atoms with van der Waals surface area (Å²) in [5, 5.41) is 11.0. The normalized spacial score (nSPS) is 11.4. The van der Waals surface area contributed by atoms with Gasteiger partial charge in [-0.15, -0.1) is 6.42 Å². The maximum atomic E-state index is 12.5. The molecule has 6 nitrogen and oxygen atoms in total. The monoisotopic (exact) mass is 415 g/mol. The average Bonchev–Trinajstić information content (AvgIpc) is 2.92. The molecule has 0 radical (unpaired) electrons. The highest BCUT2D eigenvalue weighted by Gasteiger charge is 2.14. The van der Waals surface area contributed by atoms with Gasteiger partial charge in [-0.3, -0.25) is 14.9 Å². The lowest BCUT2D eigenvalue weighted by atomic mass is 10.2. The first-order valence-electron chi connectivity index (χ1n) is 7.06. The van der Waals surface area contributed by atoms with Crippen molar-refractivity contribution in [2.45, 2.75) is 6.54 Å². The molecular weight excluding hydrogens is 406 g/mol. The van der Waals surface area contributed by atoms with E-state index in [4.69, 9.17) is 6.42 Å². The van der Waals surface area contributed by atoms with Crippen LogP contribution < -0.4 is 4.80 Å². The number of benzene rings is 2. The molecule has 8 heteroatoms. The van der Waals surface area contributed by atoms with Crippen LogP contribution in [0.25, 0.3) is 10.2 Å². The Morgan fingerprint density at radius 2 is 2.12 bits per heavy atom. The summed E-state index contributed by atoms with van der Waals surface area (Å²) in [6.07, 6.45) is 5.41. The fourth-order valence-electron chi connectivity index (χ4n) is 2.28. The second-order valence-corrected chi connectivity index (χ2v) is 6.84. The van der Waals surface area contributed by atoms with Crippen molar-refractivity contribution in [1.29, 1.82) is 0 Å². The van der Waals surface area contributed by atoms with E-state index in [1.165, 1.54) is 23.5 Å². The zero-order valence-electron chi connectivity index (χ0n) is 12.7. The number of aromatic nitrogens is 1. The van der Waals surface area contributed by atoms with Crippen LogP contribution in [0.2, 0.25) is 0 Å². The standard InChI is InChI=1S/C17H10BrN3O3S/c1-2-9-20-14-10-11(21(23)24)7-8-15(14)25-17(20)19-16(22)12-5-3-4-6-13(12)18/h1,3-8,10H,9H2. The number of fused-ring (bicyclic) bond motifs is 1. The summed E-state index contributed by atoms with van der Waals surface area (Å²) in [5.41, 5.74) is 0.966. The quantitative estimate of drug-likeness (QED) is 0.371. The van der Waals surface area contributed by atoms with Gasteiger partial charge in [0.2, 0.25) is 0 Å². The first kappa shape index (κ1) is 17.1. The van der Waals surface area contributed by atoms with Crippen LogP contribution in [0.4, 0.5) is 5.69 Å². The Bertz CT molecular complexity index is 1110. The molecule has 0 atom stereocenters. The molecule has 0 fully saturated rings. The van der Waals surface area contributed by atoms with Crippen LogP contribution in [0.3, 0.4) is 0 Å². The Kier molecular flexibility index (Phi) is 4.79. The number of carbonyl (C=O) groups is 1. The first-order chi connectivity index (χ1) is 12.0. The molecule has 0 saturated carbocycles. The molecule has 3 rings (SSSR count). The van der Waals surface area contributed by atoms with Crippen molar-refractivity contribution in [1.82, 2.24) is 4.57 Å². The predicted octanol–water partition coefficient (Wildman–Crippen LogP) is 3.75. The van der Waals surface area contributed by atoms with Gasteiger partial charge < -0.3 is 4.57 Å². The molecule has 0 bridgehead atoms. The number of non-ortho nitro benzene ring substituents is 1. The van der Waals surface area contributed by atoms with E-state index < -0.39 is 10.8 Å². The van der Waals surface area contributed by atoms with Gasteiger partial charge >= 0.3 is 0 Å². The predicted molar refractivity (Wildman–Crippen MR) is 99.3 cm³/mol. The lowest BCUT2D eigenvalue weighted by molar-refractivity contribution is -0.384. The van der Waals surface area contributed by atoms with Crippen molar-refractivity contribution in [3.05, 3.63) is 67.4 Å². The molecule has 2 aromatic carbocycles. The van der Waals surface area contributed by atoms with Gasteiger partial charge in [0, 0.05) is 16.6 Å². The number of carbonyl (C=O) groups excluding carboxylic acids is 1. The maximum Gasteiger partial charge on any atom is 0.280 e. The average molecular weight is 416 g/mol. The summed E-state index contributed by atoms with van der Waals surface area (Å²) in [5.74, 6) is 2.08. The van der Waals surface area contributed by atoms with Gasteiger partial charge in [-0.2, -0.15) is 4.99 Å². The molecule has 0 spiro atoms. The molecule has 124 valence electrons. The van der Waals surface area contributed by atoms with Gasteiger partial charge in [-0.25, -0.2) is 0 Å². The van der Waals surface area contributed by atoms with E-state index >= 15 is 0 Å². The van der Waals surface area contributed by atoms with E-state index in [0.29, 0.717) is 20.4 Å². The second kappa shape index (κ2) is 7.01. The van der Waals surface area contributed by atoms with Crippen molar-refractivity contribution in [2.75, 3.05) is 0 Å². The Morgan fingerprint density at radius 3 is 2.80 bits per heavy atom. The molecule has 0 aliphatic heterocycles. The van der Waals surface area contributed by atoms with Crippen LogP contribution in [0, 0.1) is 22.5 Å². The Hall–Kier alpha value is -2.76. The lowest BCUT2D eigenvalue weighted by Gasteiger charge is -2.01. The van der Waals surface area contributed by atoms with Gasteiger partial charge in [-0.1, -0.05) is 29.4 Å². The number of terminal acetylenes is 1. The highest BCUT2D eigenvalue weighted by atomic mass is 79.9. The summed E-state index contributed by atoms with van der Waals surface area (Å²) in [6, 6.07) is 11.5. The van der Waals surface area contributed by atoms with E-state index in [2.05, 4.69) is 26.8 Å². The van der Waals surface area contributed by atoms with Gasteiger partial charge in [0.15, 0.2) is 4.80 Å². The van der Waals surface area contributed by atoms with Gasteiger partial charge in [-0.05, 0) is 34.1 Å². The number of hydrogen-bond acceptors (Lipinski definition) is 4. The zero-order valence-corrected chi connectivity index (χ0v) is 15.1. The third-order valence-corrected chi connectivity index (χ3v) is 5.18. The number of nitrogens with zero attached hydrogens (tertiary/aromatic N) is 3. The number of nitro benzene ring substituents is 1. The van der Waals surface area contributed by atoms with Gasteiger partial charge in [0.05, 0.1) is 27.2 Å². The third kappa shape index (κ3) is 3.38. The summed E-state index contributed by atoms with van der Waals surface area (Å²) in [4.78, 5) is 27.6. The third-order valence-electron chi connectivity index (χ3n) is 3.43. The van der Waals surface area contributed by atoms with Crippen molar-refractivity contribution in [3.8, 4) is 12.3 Å². The zero-order chi connectivity index (χ0) is 18.0. The number of hydrogen-bond donors (Lipinski definition) is 0. The summed E-state index contributed by atoms with van der Waals surface area (Å²) in [7, 11) is 0. The van der Waals surface area contributed by atoms with E-state index in [9.17, 15) is 14.9 Å². The minimum Gasteiger partial charge on any atom is -0.304 e. The van der Waals surface area contributed by atoms with Crippen LogP contribution in [-0.2, 0) is 6.54 Å². The second-order valence-electron chi connectivity index (χ2n) is 4.98. The molecule has 1 heterocycles. The van der Waals surface area contributed by atoms with Gasteiger partial charge in [0.25, 0.3) is 11.6 Å². The number of halogens is 1. The molecular formula is C17H10BrN3O3S. The SMILES string of the molecule is C#CCn1c(=NC(=O)c2ccccc2Br)sc2ccc([N+](=O)[O-])cc21. The smallest absolute Gasteiger partial charge is 0.280 e. The van der Waals surface area contributed by atoms with Crippen LogP contribution >= 0.6 is 27.3 Å². The topological polar surface area (TPSA) is 77.5 Å². The van der Waals surface area contributed by atoms with E-state index in [1.54, 1.807) is 34.9 Å². The van der Waals surface area contributed by atoms with Crippen molar-refractivity contribution < 1.29 is 9.72 Å². The Balaban J connectivity index is 2.20. The minimum absolute atomic E-state index is 0.0419. The van der Waals surface area contributed by atoms with Crippen LogP contribution in [0.5, 0.6) is 0 Å². The molecule has 0 aliphatic rings. The largest absolute Gasteiger partial charge is 0.304 e. The van der Waals surface area contributed by atoms with Crippen molar-refractivity contribution >= 4 is 49.1 Å². The molecule has 0 aliphatic carbocycles. The summed E-state index contributed by atoms with van der Waals surface area (Å²) >= 11 is 4.58. The molecule has 0 N–H and O–H groups in total. The number of thiazole rings is 1. The summed E-state index contributed by atoms with van der Waals surface area (Å²) in [6.45, 7) is 0.156. The highest BCUT2D eigenvalue weighted by Crippen LogP contribution is 2.23. The molecule has 0 saturated heterocycles. The molecule has 1 amide bonds. The lowest BCUT2D eigenvalue weighted by Crippen LogP contribution is -2.16. The number of nitro groups is 1. The van der Waals surface area contributed by atoms with Crippen LogP contribution in [0.1, 0.15) is 10.4 Å². The van der Waals surface area contributed by atoms with Crippen molar-refractivity contribution in [3.63, 3.8) is 0 Å². The molecule has 0 unspecified atom stereocenters. The Labute approximate surface area is 154 Å². The maximum absolute atomic E-state index is 12.5. The number of amides is 1. The molecule has 1 aromatic heterocycles. The van der Waals surface area contributed by atoms with Crippen LogP contribution in [-0.4, -0.2) is 15.4 Å². The minimum atomic E-state index is -0.472. The molecule has 3 aromatic rings. The Morgan fingerprint density at radius 1 is 1.36 bits per heavy atom. The van der Waals surface area contributed by atoms with E-state index in [0.717, 1.165) is 4.70 Å². The number of rotatable bonds is 3. The first-order valence-corrected chi connectivity index (χ1v) is 8.67. The van der Waals surface area contributed by atoms with Crippen molar-refractivity contribution in [2.24, 2.45) is 4.99 Å². The highest BCUT2D eigenvalue weighted by molar-refractivity contribution is 9.10. The van der Waals surface area contributed by atoms with E-state index in [1.807, 2.05) is 0 Å². The summed E-state index contributed by atoms with van der Waals surface area (Å²) < 4.78 is 3.03.